The Balaban J connectivity index is 1.65. The van der Waals surface area contributed by atoms with Crippen molar-refractivity contribution in [1.82, 2.24) is 9.88 Å². The molecule has 33 heavy (non-hydrogen) atoms. The van der Waals surface area contributed by atoms with Crippen molar-refractivity contribution in [2.75, 3.05) is 57.2 Å². The fourth-order valence-corrected chi connectivity index (χ4v) is 4.70. The molecule has 0 saturated carbocycles. The number of rotatable bonds is 6. The molecule has 0 aliphatic carbocycles. The molecule has 1 unspecified atom stereocenters. The van der Waals surface area contributed by atoms with Crippen molar-refractivity contribution in [2.45, 2.75) is 26.3 Å². The number of aromatic nitrogens is 1. The second kappa shape index (κ2) is 10.3. The number of methoxy groups -OCH3 is 1. The molecule has 0 bridgehead atoms. The highest BCUT2D eigenvalue weighted by molar-refractivity contribution is 5.77. The highest BCUT2D eigenvalue weighted by Gasteiger charge is 2.26. The van der Waals surface area contributed by atoms with Crippen LogP contribution in [0.25, 0.3) is 11.3 Å². The van der Waals surface area contributed by atoms with Crippen LogP contribution in [0, 0.1) is 6.92 Å². The summed E-state index contributed by atoms with van der Waals surface area (Å²) in [5, 5.41) is 0. The summed E-state index contributed by atoms with van der Waals surface area (Å²) in [5.74, 6) is 0.646. The van der Waals surface area contributed by atoms with Gasteiger partial charge in [-0.05, 0) is 43.7 Å². The van der Waals surface area contributed by atoms with Crippen molar-refractivity contribution in [3.8, 4) is 17.1 Å². The Morgan fingerprint density at radius 2 is 1.67 bits per heavy atom. The van der Waals surface area contributed by atoms with E-state index in [1.54, 1.807) is 7.11 Å². The zero-order valence-corrected chi connectivity index (χ0v) is 20.6. The Bertz CT molecular complexity index is 1050. The molecule has 5 nitrogen and oxygen atoms in total. The molecular weight excluding hydrogens is 408 g/mol. The Morgan fingerprint density at radius 3 is 2.30 bits per heavy atom. The number of likely N-dealkylation sites (N-methyl/N-ethyl adjacent to an activating group) is 1. The van der Waals surface area contributed by atoms with E-state index in [-0.39, 0.29) is 0 Å². The van der Waals surface area contributed by atoms with Crippen LogP contribution in [0.15, 0.2) is 60.7 Å². The van der Waals surface area contributed by atoms with Crippen LogP contribution in [-0.2, 0) is 0 Å². The molecular formula is C28H36N4O. The first kappa shape index (κ1) is 23.1. The van der Waals surface area contributed by atoms with E-state index in [0.717, 1.165) is 43.9 Å². The number of hydrogen-bond donors (Lipinski definition) is 0. The molecule has 1 atom stereocenters. The smallest absolute Gasteiger partial charge is 0.213 e. The van der Waals surface area contributed by atoms with Crippen LogP contribution in [-0.4, -0.2) is 57.3 Å². The van der Waals surface area contributed by atoms with Crippen LogP contribution in [0.2, 0.25) is 0 Å². The standard InChI is InChI=1S/C28H36N4O/c1-6-31-19-20-32(18-17-25(31)22-9-7-21(2)8-10-22)26-15-16-27(33-5)29-28(26)23-11-13-24(14-12-23)30(3)4/h7-16,25H,6,17-20H2,1-5H3. The minimum absolute atomic E-state index is 0.439. The third-order valence-corrected chi connectivity index (χ3v) is 6.69. The van der Waals surface area contributed by atoms with Gasteiger partial charge in [0.1, 0.15) is 0 Å². The third kappa shape index (κ3) is 5.14. The molecule has 0 radical (unpaired) electrons. The summed E-state index contributed by atoms with van der Waals surface area (Å²) in [4.78, 5) is 12.1. The van der Waals surface area contributed by atoms with Gasteiger partial charge in [-0.3, -0.25) is 4.90 Å². The van der Waals surface area contributed by atoms with Crippen LogP contribution in [0.5, 0.6) is 5.88 Å². The van der Waals surface area contributed by atoms with Gasteiger partial charge in [0.25, 0.3) is 0 Å². The molecule has 1 aliphatic heterocycles. The Hall–Kier alpha value is -3.05. The molecule has 2 aromatic carbocycles. The molecule has 3 aromatic rings. The summed E-state index contributed by atoms with van der Waals surface area (Å²) < 4.78 is 5.48. The topological polar surface area (TPSA) is 31.8 Å². The average Bonchev–Trinajstić information content (AvgIpc) is 3.07. The Morgan fingerprint density at radius 1 is 0.939 bits per heavy atom. The number of pyridine rings is 1. The van der Waals surface area contributed by atoms with E-state index in [0.29, 0.717) is 11.9 Å². The lowest BCUT2D eigenvalue weighted by Crippen LogP contribution is -2.32. The summed E-state index contributed by atoms with van der Waals surface area (Å²) in [7, 11) is 5.80. The summed E-state index contributed by atoms with van der Waals surface area (Å²) in [5.41, 5.74) is 7.17. The Kier molecular flexibility index (Phi) is 7.19. The fourth-order valence-electron chi connectivity index (χ4n) is 4.70. The molecule has 1 fully saturated rings. The molecule has 0 spiro atoms. The summed E-state index contributed by atoms with van der Waals surface area (Å²) >= 11 is 0. The molecule has 1 saturated heterocycles. The van der Waals surface area contributed by atoms with E-state index in [2.05, 4.69) is 97.2 Å². The molecule has 2 heterocycles. The average molecular weight is 445 g/mol. The predicted octanol–water partition coefficient (Wildman–Crippen LogP) is 5.40. The van der Waals surface area contributed by atoms with E-state index < -0.39 is 0 Å². The van der Waals surface area contributed by atoms with Crippen LogP contribution >= 0.6 is 0 Å². The molecule has 5 heteroatoms. The molecule has 1 aliphatic rings. The van der Waals surface area contributed by atoms with Gasteiger partial charge in [-0.25, -0.2) is 4.98 Å². The van der Waals surface area contributed by atoms with Gasteiger partial charge < -0.3 is 14.5 Å². The minimum atomic E-state index is 0.439. The van der Waals surface area contributed by atoms with E-state index in [1.165, 1.54) is 22.5 Å². The lowest BCUT2D eigenvalue weighted by atomic mass is 10.0. The molecule has 4 rings (SSSR count). The van der Waals surface area contributed by atoms with Gasteiger partial charge >= 0.3 is 0 Å². The van der Waals surface area contributed by atoms with E-state index in [1.807, 2.05) is 6.07 Å². The predicted molar refractivity (Wildman–Crippen MR) is 139 cm³/mol. The first-order valence-electron chi connectivity index (χ1n) is 11.9. The number of ether oxygens (including phenoxy) is 1. The van der Waals surface area contributed by atoms with Gasteiger partial charge in [0.15, 0.2) is 0 Å². The van der Waals surface area contributed by atoms with Crippen molar-refractivity contribution < 1.29 is 4.74 Å². The SMILES string of the molecule is CCN1CCN(c2ccc(OC)nc2-c2ccc(N(C)C)cc2)CCC1c1ccc(C)cc1. The van der Waals surface area contributed by atoms with Crippen molar-refractivity contribution >= 4 is 11.4 Å². The van der Waals surface area contributed by atoms with Gasteiger partial charge in [0, 0.05) is 57.1 Å². The van der Waals surface area contributed by atoms with Crippen LogP contribution in [0.1, 0.15) is 30.5 Å². The van der Waals surface area contributed by atoms with Crippen molar-refractivity contribution in [3.05, 3.63) is 71.8 Å². The van der Waals surface area contributed by atoms with Gasteiger partial charge in [-0.2, -0.15) is 0 Å². The maximum atomic E-state index is 5.48. The number of hydrogen-bond acceptors (Lipinski definition) is 5. The monoisotopic (exact) mass is 444 g/mol. The van der Waals surface area contributed by atoms with Gasteiger partial charge in [-0.1, -0.05) is 48.9 Å². The summed E-state index contributed by atoms with van der Waals surface area (Å²) in [6.45, 7) is 8.47. The van der Waals surface area contributed by atoms with E-state index >= 15 is 0 Å². The molecule has 174 valence electrons. The van der Waals surface area contributed by atoms with Crippen molar-refractivity contribution in [2.24, 2.45) is 0 Å². The van der Waals surface area contributed by atoms with Crippen molar-refractivity contribution in [1.29, 1.82) is 0 Å². The van der Waals surface area contributed by atoms with Crippen molar-refractivity contribution in [3.63, 3.8) is 0 Å². The fraction of sp³-hybridized carbons (Fsp3) is 0.393. The first-order valence-corrected chi connectivity index (χ1v) is 11.9. The zero-order chi connectivity index (χ0) is 23.4. The van der Waals surface area contributed by atoms with Crippen LogP contribution in [0.4, 0.5) is 11.4 Å². The molecule has 1 aromatic heterocycles. The highest BCUT2D eigenvalue weighted by Crippen LogP contribution is 2.35. The maximum absolute atomic E-state index is 5.48. The van der Waals surface area contributed by atoms with E-state index in [9.17, 15) is 0 Å². The van der Waals surface area contributed by atoms with Gasteiger partial charge in [-0.15, -0.1) is 0 Å². The minimum Gasteiger partial charge on any atom is -0.481 e. The maximum Gasteiger partial charge on any atom is 0.213 e. The second-order valence-electron chi connectivity index (χ2n) is 8.99. The number of nitrogens with zero attached hydrogens (tertiary/aromatic N) is 4. The number of anilines is 2. The van der Waals surface area contributed by atoms with Gasteiger partial charge in [0.05, 0.1) is 18.5 Å². The lowest BCUT2D eigenvalue weighted by molar-refractivity contribution is 0.219. The lowest BCUT2D eigenvalue weighted by Gasteiger charge is -2.28. The highest BCUT2D eigenvalue weighted by atomic mass is 16.5. The largest absolute Gasteiger partial charge is 0.481 e. The number of benzene rings is 2. The third-order valence-electron chi connectivity index (χ3n) is 6.69. The first-order chi connectivity index (χ1) is 16.0. The van der Waals surface area contributed by atoms with Gasteiger partial charge in [0.2, 0.25) is 5.88 Å². The molecule has 0 N–H and O–H groups in total. The summed E-state index contributed by atoms with van der Waals surface area (Å²) in [6, 6.07) is 22.3. The normalized spacial score (nSPS) is 17.0. The zero-order valence-electron chi connectivity index (χ0n) is 20.6. The second-order valence-corrected chi connectivity index (χ2v) is 8.99. The molecule has 0 amide bonds. The quantitative estimate of drug-likeness (QED) is 0.508. The van der Waals surface area contributed by atoms with Crippen LogP contribution < -0.4 is 14.5 Å². The van der Waals surface area contributed by atoms with E-state index in [4.69, 9.17) is 9.72 Å². The Labute approximate surface area is 198 Å². The number of aryl methyl sites for hydroxylation is 1. The van der Waals surface area contributed by atoms with Crippen LogP contribution in [0.3, 0.4) is 0 Å². The summed E-state index contributed by atoms with van der Waals surface area (Å²) in [6.07, 6.45) is 1.09.